The van der Waals surface area contributed by atoms with E-state index in [4.69, 9.17) is 4.74 Å². The highest BCUT2D eigenvalue weighted by Crippen LogP contribution is 2.09. The minimum Gasteiger partial charge on any atom is -0.373 e. The monoisotopic (exact) mass is 254 g/mol. The zero-order valence-corrected chi connectivity index (χ0v) is 11.1. The zero-order chi connectivity index (χ0) is 13.5. The largest absolute Gasteiger partial charge is 0.373 e. The van der Waals surface area contributed by atoms with Crippen molar-refractivity contribution in [3.63, 3.8) is 0 Å². The molecule has 0 radical (unpaired) electrons. The number of rotatable bonds is 6. The summed E-state index contributed by atoms with van der Waals surface area (Å²) in [7, 11) is 1.59. The van der Waals surface area contributed by atoms with Gasteiger partial charge in [0.05, 0.1) is 0 Å². The highest BCUT2D eigenvalue weighted by Gasteiger charge is 2.18. The average Bonchev–Trinajstić information content (AvgIpc) is 2.47. The Labute approximate surface area is 114 Å². The number of hydrogen-bond donors (Lipinski definition) is 0. The summed E-state index contributed by atoms with van der Waals surface area (Å²) in [5.74, 6) is 0.123. The molecule has 19 heavy (non-hydrogen) atoms. The molecule has 0 bridgehead atoms. The van der Waals surface area contributed by atoms with Crippen LogP contribution in [-0.4, -0.2) is 19.0 Å². The van der Waals surface area contributed by atoms with E-state index < -0.39 is 0 Å². The Kier molecular flexibility index (Phi) is 4.87. The first-order valence-corrected chi connectivity index (χ1v) is 6.43. The molecular weight excluding hydrogens is 236 g/mol. The number of hydrogen-bond acceptors (Lipinski definition) is 2. The van der Waals surface area contributed by atoms with Crippen LogP contribution in [0.1, 0.15) is 11.1 Å². The summed E-state index contributed by atoms with van der Waals surface area (Å²) in [5.41, 5.74) is 2.15. The standard InChI is InChI=1S/C17H18O2/c1-19-17(13-15-10-6-3-7-11-15)16(18)12-14-8-4-2-5-9-14/h2-11,17H,12-13H2,1H3. The van der Waals surface area contributed by atoms with Crippen LogP contribution in [0.15, 0.2) is 60.7 Å². The van der Waals surface area contributed by atoms with Gasteiger partial charge in [-0.05, 0) is 11.1 Å². The molecule has 1 unspecified atom stereocenters. The van der Waals surface area contributed by atoms with Gasteiger partial charge in [-0.25, -0.2) is 0 Å². The van der Waals surface area contributed by atoms with Crippen LogP contribution in [0.3, 0.4) is 0 Å². The van der Waals surface area contributed by atoms with Gasteiger partial charge in [-0.1, -0.05) is 60.7 Å². The number of carbonyl (C=O) groups excluding carboxylic acids is 1. The third kappa shape index (κ3) is 4.04. The molecule has 2 aromatic carbocycles. The van der Waals surface area contributed by atoms with Crippen LogP contribution < -0.4 is 0 Å². The maximum absolute atomic E-state index is 12.2. The van der Waals surface area contributed by atoms with Crippen molar-refractivity contribution in [2.45, 2.75) is 18.9 Å². The van der Waals surface area contributed by atoms with E-state index in [1.807, 2.05) is 60.7 Å². The van der Waals surface area contributed by atoms with Crippen molar-refractivity contribution in [1.29, 1.82) is 0 Å². The lowest BCUT2D eigenvalue weighted by atomic mass is 10.00. The Morgan fingerprint density at radius 1 is 0.947 bits per heavy atom. The van der Waals surface area contributed by atoms with E-state index in [1.165, 1.54) is 0 Å². The first-order chi connectivity index (χ1) is 9.29. The summed E-state index contributed by atoms with van der Waals surface area (Å²) in [6, 6.07) is 19.7. The van der Waals surface area contributed by atoms with Gasteiger partial charge in [-0.15, -0.1) is 0 Å². The molecule has 0 heterocycles. The summed E-state index contributed by atoms with van der Waals surface area (Å²) in [4.78, 5) is 12.2. The van der Waals surface area contributed by atoms with Gasteiger partial charge in [0.15, 0.2) is 5.78 Å². The normalized spacial score (nSPS) is 12.1. The summed E-state index contributed by atoms with van der Waals surface area (Å²) in [6.45, 7) is 0. The zero-order valence-electron chi connectivity index (χ0n) is 11.1. The molecule has 1 atom stereocenters. The topological polar surface area (TPSA) is 26.3 Å². The Morgan fingerprint density at radius 3 is 2.00 bits per heavy atom. The van der Waals surface area contributed by atoms with Gasteiger partial charge in [-0.2, -0.15) is 0 Å². The lowest BCUT2D eigenvalue weighted by Gasteiger charge is -2.14. The third-order valence-corrected chi connectivity index (χ3v) is 3.13. The smallest absolute Gasteiger partial charge is 0.166 e. The minimum absolute atomic E-state index is 0.123. The van der Waals surface area contributed by atoms with Crippen LogP contribution in [0.25, 0.3) is 0 Å². The molecule has 0 amide bonds. The fourth-order valence-electron chi connectivity index (χ4n) is 2.07. The highest BCUT2D eigenvalue weighted by molar-refractivity contribution is 5.85. The van der Waals surface area contributed by atoms with Gasteiger partial charge in [0, 0.05) is 20.0 Å². The van der Waals surface area contributed by atoms with Gasteiger partial charge < -0.3 is 4.74 Å². The molecule has 0 saturated heterocycles. The molecule has 98 valence electrons. The van der Waals surface area contributed by atoms with E-state index in [1.54, 1.807) is 7.11 Å². The van der Waals surface area contributed by atoms with Crippen molar-refractivity contribution < 1.29 is 9.53 Å². The Bertz CT molecular complexity index is 505. The maximum atomic E-state index is 12.2. The van der Waals surface area contributed by atoms with E-state index in [9.17, 15) is 4.79 Å². The second kappa shape index (κ2) is 6.86. The molecule has 2 aromatic rings. The highest BCUT2D eigenvalue weighted by atomic mass is 16.5. The number of ether oxygens (including phenoxy) is 1. The molecule has 0 aromatic heterocycles. The van der Waals surface area contributed by atoms with Gasteiger partial charge in [0.2, 0.25) is 0 Å². The fraction of sp³-hybridized carbons (Fsp3) is 0.235. The SMILES string of the molecule is COC(Cc1ccccc1)C(=O)Cc1ccccc1. The van der Waals surface area contributed by atoms with Crippen molar-refractivity contribution in [1.82, 2.24) is 0 Å². The van der Waals surface area contributed by atoms with Crippen molar-refractivity contribution in [2.24, 2.45) is 0 Å². The van der Waals surface area contributed by atoms with Crippen LogP contribution in [0, 0.1) is 0 Å². The third-order valence-electron chi connectivity index (χ3n) is 3.13. The van der Waals surface area contributed by atoms with Gasteiger partial charge in [0.1, 0.15) is 6.10 Å². The molecule has 0 saturated carbocycles. The molecular formula is C17H18O2. The van der Waals surface area contributed by atoms with Crippen LogP contribution in [0.2, 0.25) is 0 Å². The predicted octanol–water partition coefficient (Wildman–Crippen LogP) is 3.06. The van der Waals surface area contributed by atoms with Crippen molar-refractivity contribution in [3.05, 3.63) is 71.8 Å². The van der Waals surface area contributed by atoms with Crippen LogP contribution in [0.5, 0.6) is 0 Å². The van der Waals surface area contributed by atoms with Crippen molar-refractivity contribution >= 4 is 5.78 Å². The number of ketones is 1. The summed E-state index contributed by atoms with van der Waals surface area (Å²) >= 11 is 0. The van der Waals surface area contributed by atoms with E-state index >= 15 is 0 Å². The molecule has 0 fully saturated rings. The first-order valence-electron chi connectivity index (χ1n) is 6.43. The van der Waals surface area contributed by atoms with Gasteiger partial charge in [-0.3, -0.25) is 4.79 Å². The average molecular weight is 254 g/mol. The van der Waals surface area contributed by atoms with E-state index in [0.29, 0.717) is 12.8 Å². The lowest BCUT2D eigenvalue weighted by molar-refractivity contribution is -0.128. The molecule has 0 aliphatic heterocycles. The van der Waals surface area contributed by atoms with E-state index in [2.05, 4.69) is 0 Å². The number of benzene rings is 2. The van der Waals surface area contributed by atoms with Gasteiger partial charge >= 0.3 is 0 Å². The summed E-state index contributed by atoms with van der Waals surface area (Å²) in [5, 5.41) is 0. The predicted molar refractivity (Wildman–Crippen MR) is 76.1 cm³/mol. The molecule has 2 heteroatoms. The Balaban J connectivity index is 2.00. The van der Waals surface area contributed by atoms with Crippen LogP contribution in [0.4, 0.5) is 0 Å². The maximum Gasteiger partial charge on any atom is 0.166 e. The number of methoxy groups -OCH3 is 1. The second-order valence-electron chi connectivity index (χ2n) is 4.54. The molecule has 0 N–H and O–H groups in total. The molecule has 0 spiro atoms. The lowest BCUT2D eigenvalue weighted by Crippen LogP contribution is -2.27. The van der Waals surface area contributed by atoms with Gasteiger partial charge in [0.25, 0.3) is 0 Å². The second-order valence-corrected chi connectivity index (χ2v) is 4.54. The Hall–Kier alpha value is -1.93. The first kappa shape index (κ1) is 13.5. The van der Waals surface area contributed by atoms with E-state index in [-0.39, 0.29) is 11.9 Å². The molecule has 2 rings (SSSR count). The van der Waals surface area contributed by atoms with Crippen LogP contribution in [-0.2, 0) is 22.4 Å². The summed E-state index contributed by atoms with van der Waals surface area (Å²) in [6.07, 6.45) is 0.678. The Morgan fingerprint density at radius 2 is 1.47 bits per heavy atom. The van der Waals surface area contributed by atoms with Crippen molar-refractivity contribution in [3.8, 4) is 0 Å². The fourth-order valence-corrected chi connectivity index (χ4v) is 2.07. The molecule has 0 aliphatic carbocycles. The van der Waals surface area contributed by atoms with Crippen molar-refractivity contribution in [2.75, 3.05) is 7.11 Å². The molecule has 0 aliphatic rings. The number of carbonyl (C=O) groups is 1. The quantitative estimate of drug-likeness (QED) is 0.792. The molecule has 2 nitrogen and oxygen atoms in total. The van der Waals surface area contributed by atoms with Crippen LogP contribution >= 0.6 is 0 Å². The van der Waals surface area contributed by atoms with E-state index in [0.717, 1.165) is 11.1 Å². The summed E-state index contributed by atoms with van der Waals surface area (Å²) < 4.78 is 5.34. The number of Topliss-reactive ketones (excluding diaryl/α,β-unsaturated/α-hetero) is 1. The minimum atomic E-state index is -0.373.